The van der Waals surface area contributed by atoms with Crippen LogP contribution in [0.15, 0.2) is 42.7 Å². The van der Waals surface area contributed by atoms with Crippen molar-refractivity contribution in [1.82, 2.24) is 15.2 Å². The van der Waals surface area contributed by atoms with E-state index >= 15 is 0 Å². The van der Waals surface area contributed by atoms with Crippen LogP contribution < -0.4 is 5.32 Å². The second-order valence-corrected chi connectivity index (χ2v) is 6.86. The maximum atomic E-state index is 12.9. The van der Waals surface area contributed by atoms with E-state index in [9.17, 15) is 4.39 Å². The topological polar surface area (TPSA) is 62.8 Å². The van der Waals surface area contributed by atoms with Crippen molar-refractivity contribution in [3.63, 3.8) is 0 Å². The lowest BCUT2D eigenvalue weighted by Gasteiger charge is -2.29. The normalized spacial score (nSPS) is 20.3. The molecule has 1 fully saturated rings. The molecule has 2 aromatic heterocycles. The number of nitrogens with one attached hydrogen (secondary N) is 2. The van der Waals surface area contributed by atoms with Crippen LogP contribution in [0.3, 0.4) is 0 Å². The minimum Gasteiger partial charge on any atom is -0.378 e. The summed E-state index contributed by atoms with van der Waals surface area (Å²) in [4.78, 5) is 4.45. The Labute approximate surface area is 152 Å². The Balaban J connectivity index is 1.23. The van der Waals surface area contributed by atoms with Crippen molar-refractivity contribution < 1.29 is 9.13 Å². The molecule has 4 rings (SSSR count). The van der Waals surface area contributed by atoms with Gasteiger partial charge in [-0.05, 0) is 55.9 Å². The highest BCUT2D eigenvalue weighted by Crippen LogP contribution is 2.26. The number of halogens is 1. The Kier molecular flexibility index (Phi) is 5.11. The molecule has 1 aromatic carbocycles. The summed E-state index contributed by atoms with van der Waals surface area (Å²) >= 11 is 0. The first-order valence-electron chi connectivity index (χ1n) is 9.18. The van der Waals surface area contributed by atoms with E-state index in [0.29, 0.717) is 18.8 Å². The zero-order valence-electron chi connectivity index (χ0n) is 14.6. The molecule has 1 aliphatic rings. The van der Waals surface area contributed by atoms with Crippen LogP contribution in [0.25, 0.3) is 10.9 Å². The molecule has 0 bridgehead atoms. The molecule has 5 nitrogen and oxygen atoms in total. The first-order chi connectivity index (χ1) is 12.8. The van der Waals surface area contributed by atoms with Gasteiger partial charge in [0.2, 0.25) is 0 Å². The van der Waals surface area contributed by atoms with Gasteiger partial charge in [0.05, 0.1) is 29.8 Å². The van der Waals surface area contributed by atoms with Gasteiger partial charge in [0, 0.05) is 12.2 Å². The first kappa shape index (κ1) is 17.0. The predicted molar refractivity (Wildman–Crippen MR) is 99.6 cm³/mol. The number of aromatic nitrogens is 3. The van der Waals surface area contributed by atoms with Gasteiger partial charge in [0.1, 0.15) is 11.6 Å². The van der Waals surface area contributed by atoms with Crippen molar-refractivity contribution in [2.75, 3.05) is 11.9 Å². The quantitative estimate of drug-likeness (QED) is 0.700. The van der Waals surface area contributed by atoms with E-state index in [4.69, 9.17) is 4.74 Å². The number of aromatic amines is 1. The monoisotopic (exact) mass is 354 g/mol. The van der Waals surface area contributed by atoms with Crippen LogP contribution in [0.2, 0.25) is 0 Å². The molecule has 0 spiro atoms. The highest BCUT2D eigenvalue weighted by atomic mass is 19.1. The third-order valence-electron chi connectivity index (χ3n) is 5.04. The van der Waals surface area contributed by atoms with Crippen molar-refractivity contribution in [3.8, 4) is 0 Å². The van der Waals surface area contributed by atoms with E-state index in [-0.39, 0.29) is 5.82 Å². The Morgan fingerprint density at radius 3 is 2.73 bits per heavy atom. The molecule has 1 saturated carbocycles. The smallest absolute Gasteiger partial charge is 0.137 e. The standard InChI is InChI=1S/C20H23FN4O/c21-15-3-1-14(2-4-15)10-12-26-17-7-5-16(6-8-17)24-20-18-13-23-25-19(18)9-11-22-20/h1-4,9,11,13,16-17H,5-8,10,12H2,(H,22,24)(H,23,25). The fraction of sp³-hybridized carbons (Fsp3) is 0.400. The maximum Gasteiger partial charge on any atom is 0.137 e. The summed E-state index contributed by atoms with van der Waals surface area (Å²) in [7, 11) is 0. The highest BCUT2D eigenvalue weighted by Gasteiger charge is 2.22. The van der Waals surface area contributed by atoms with Gasteiger partial charge in [-0.25, -0.2) is 9.37 Å². The van der Waals surface area contributed by atoms with Gasteiger partial charge in [0.15, 0.2) is 0 Å². The molecule has 26 heavy (non-hydrogen) atoms. The second-order valence-electron chi connectivity index (χ2n) is 6.86. The molecule has 0 radical (unpaired) electrons. The molecule has 0 atom stereocenters. The molecule has 6 heteroatoms. The van der Waals surface area contributed by atoms with Crippen LogP contribution in [0, 0.1) is 5.82 Å². The number of rotatable bonds is 6. The van der Waals surface area contributed by atoms with E-state index in [1.165, 1.54) is 12.1 Å². The van der Waals surface area contributed by atoms with Gasteiger partial charge in [0.25, 0.3) is 0 Å². The van der Waals surface area contributed by atoms with Gasteiger partial charge >= 0.3 is 0 Å². The molecule has 3 aromatic rings. The van der Waals surface area contributed by atoms with E-state index in [1.54, 1.807) is 6.20 Å². The summed E-state index contributed by atoms with van der Waals surface area (Å²) in [5.41, 5.74) is 2.11. The second kappa shape index (κ2) is 7.83. The van der Waals surface area contributed by atoms with Crippen LogP contribution in [-0.4, -0.2) is 33.9 Å². The summed E-state index contributed by atoms with van der Waals surface area (Å²) < 4.78 is 18.9. The summed E-state index contributed by atoms with van der Waals surface area (Å²) in [6, 6.07) is 8.99. The number of benzene rings is 1. The summed E-state index contributed by atoms with van der Waals surface area (Å²) in [6.07, 6.45) is 8.97. The Morgan fingerprint density at radius 2 is 1.92 bits per heavy atom. The molecular weight excluding hydrogens is 331 g/mol. The predicted octanol–water partition coefficient (Wildman–Crippen LogP) is 4.08. The van der Waals surface area contributed by atoms with Gasteiger partial charge in [-0.3, -0.25) is 5.10 Å². The van der Waals surface area contributed by atoms with Gasteiger partial charge in [-0.1, -0.05) is 12.1 Å². The molecule has 2 N–H and O–H groups in total. The number of fused-ring (bicyclic) bond motifs is 1. The largest absolute Gasteiger partial charge is 0.378 e. The van der Waals surface area contributed by atoms with E-state index < -0.39 is 0 Å². The lowest BCUT2D eigenvalue weighted by Crippen LogP contribution is -2.30. The van der Waals surface area contributed by atoms with Crippen LogP contribution in [0.4, 0.5) is 10.2 Å². The average molecular weight is 354 g/mol. The summed E-state index contributed by atoms with van der Waals surface area (Å²) in [5, 5.41) is 11.6. The van der Waals surface area contributed by atoms with E-state index in [0.717, 1.165) is 54.4 Å². The molecular formula is C20H23FN4O. The number of nitrogens with zero attached hydrogens (tertiary/aromatic N) is 2. The summed E-state index contributed by atoms with van der Waals surface area (Å²) in [5.74, 6) is 0.707. The number of H-pyrrole nitrogens is 1. The third kappa shape index (κ3) is 4.02. The lowest BCUT2D eigenvalue weighted by molar-refractivity contribution is 0.0282. The average Bonchev–Trinajstić information content (AvgIpc) is 3.15. The number of hydrogen-bond acceptors (Lipinski definition) is 4. The van der Waals surface area contributed by atoms with E-state index in [1.807, 2.05) is 24.4 Å². The zero-order valence-corrected chi connectivity index (χ0v) is 14.6. The summed E-state index contributed by atoms with van der Waals surface area (Å²) in [6.45, 7) is 0.685. The number of hydrogen-bond donors (Lipinski definition) is 2. The van der Waals surface area contributed by atoms with Crippen molar-refractivity contribution in [3.05, 3.63) is 54.1 Å². The van der Waals surface area contributed by atoms with Crippen molar-refractivity contribution >= 4 is 16.7 Å². The number of anilines is 1. The van der Waals surface area contributed by atoms with Crippen LogP contribution in [-0.2, 0) is 11.2 Å². The molecule has 2 heterocycles. The van der Waals surface area contributed by atoms with Crippen LogP contribution in [0.5, 0.6) is 0 Å². The lowest BCUT2D eigenvalue weighted by atomic mass is 9.93. The molecule has 0 aliphatic heterocycles. The van der Waals surface area contributed by atoms with Crippen molar-refractivity contribution in [1.29, 1.82) is 0 Å². The van der Waals surface area contributed by atoms with E-state index in [2.05, 4.69) is 20.5 Å². The molecule has 0 saturated heterocycles. The fourth-order valence-corrected chi connectivity index (χ4v) is 3.54. The Hall–Kier alpha value is -2.47. The molecule has 0 amide bonds. The minimum absolute atomic E-state index is 0.193. The maximum absolute atomic E-state index is 12.9. The fourth-order valence-electron chi connectivity index (χ4n) is 3.54. The molecule has 136 valence electrons. The molecule has 0 unspecified atom stereocenters. The zero-order chi connectivity index (χ0) is 17.8. The molecule has 1 aliphatic carbocycles. The Bertz CT molecular complexity index is 840. The van der Waals surface area contributed by atoms with Gasteiger partial charge < -0.3 is 10.1 Å². The number of ether oxygens (including phenoxy) is 1. The SMILES string of the molecule is Fc1ccc(CCOC2CCC(Nc3nccc4[nH]ncc34)CC2)cc1. The van der Waals surface area contributed by atoms with Gasteiger partial charge in [-0.2, -0.15) is 5.10 Å². The minimum atomic E-state index is -0.193. The van der Waals surface area contributed by atoms with Crippen molar-refractivity contribution in [2.45, 2.75) is 44.2 Å². The van der Waals surface area contributed by atoms with Crippen molar-refractivity contribution in [2.24, 2.45) is 0 Å². The number of pyridine rings is 1. The first-order valence-corrected chi connectivity index (χ1v) is 9.18. The van der Waals surface area contributed by atoms with Gasteiger partial charge in [-0.15, -0.1) is 0 Å². The van der Waals surface area contributed by atoms with Crippen LogP contribution >= 0.6 is 0 Å². The Morgan fingerprint density at radius 1 is 1.12 bits per heavy atom. The highest BCUT2D eigenvalue weighted by molar-refractivity contribution is 5.88. The third-order valence-corrected chi connectivity index (χ3v) is 5.04. The van der Waals surface area contributed by atoms with Crippen LogP contribution in [0.1, 0.15) is 31.2 Å².